The highest BCUT2D eigenvalue weighted by molar-refractivity contribution is 5.99. The third-order valence-corrected chi connectivity index (χ3v) is 8.85. The number of aromatic nitrogens is 1. The van der Waals surface area contributed by atoms with E-state index in [1.54, 1.807) is 7.11 Å². The van der Waals surface area contributed by atoms with Crippen molar-refractivity contribution in [2.75, 3.05) is 79.6 Å². The molecule has 0 N–H and O–H groups in total. The van der Waals surface area contributed by atoms with Crippen LogP contribution in [0.1, 0.15) is 33.6 Å². The topological polar surface area (TPSA) is 44.2 Å². The van der Waals surface area contributed by atoms with Gasteiger partial charge in [0.1, 0.15) is 5.75 Å². The van der Waals surface area contributed by atoms with Crippen LogP contribution in [0.5, 0.6) is 5.75 Å². The van der Waals surface area contributed by atoms with Crippen LogP contribution in [0, 0.1) is 13.8 Å². The Morgan fingerprint density at radius 3 is 2.31 bits per heavy atom. The molecule has 0 radical (unpaired) electrons. The van der Waals surface area contributed by atoms with E-state index in [1.807, 2.05) is 23.1 Å². The van der Waals surface area contributed by atoms with Crippen molar-refractivity contribution in [2.24, 2.45) is 0 Å². The van der Waals surface area contributed by atoms with E-state index in [1.165, 1.54) is 53.9 Å². The van der Waals surface area contributed by atoms with Crippen molar-refractivity contribution < 1.29 is 9.53 Å². The van der Waals surface area contributed by atoms with Crippen LogP contribution in [-0.4, -0.2) is 110 Å². The second kappa shape index (κ2) is 12.5. The second-order valence-electron chi connectivity index (χ2n) is 11.3. The van der Waals surface area contributed by atoms with Crippen LogP contribution < -0.4 is 4.74 Å². The highest BCUT2D eigenvalue weighted by atomic mass is 16.5. The van der Waals surface area contributed by atoms with Crippen molar-refractivity contribution in [3.63, 3.8) is 0 Å². The molecule has 3 heterocycles. The van der Waals surface area contributed by atoms with E-state index in [0.29, 0.717) is 0 Å². The van der Waals surface area contributed by atoms with Gasteiger partial charge in [-0.1, -0.05) is 12.1 Å². The van der Waals surface area contributed by atoms with Crippen LogP contribution in [-0.2, 0) is 13.0 Å². The molecule has 3 aromatic rings. The van der Waals surface area contributed by atoms with Gasteiger partial charge >= 0.3 is 0 Å². The fourth-order valence-electron chi connectivity index (χ4n) is 6.07. The molecular formula is C32H45N5O2. The summed E-state index contributed by atoms with van der Waals surface area (Å²) >= 11 is 0. The number of hydrogen-bond acceptors (Lipinski definition) is 5. The summed E-state index contributed by atoms with van der Waals surface area (Å²) in [5.74, 6) is 1.07. The van der Waals surface area contributed by atoms with E-state index in [4.69, 9.17) is 4.74 Å². The minimum atomic E-state index is 0.157. The van der Waals surface area contributed by atoms with Crippen LogP contribution in [0.3, 0.4) is 0 Å². The number of rotatable bonds is 9. The molecule has 2 aliphatic rings. The SMILES string of the molecule is COc1cccc(CCN2CCN(C(=O)c3ccc4c(c3)c(C)c(C)n4CCCN3CCN(C)CC3)CC2)c1. The number of fused-ring (bicyclic) bond motifs is 1. The van der Waals surface area contributed by atoms with Gasteiger partial charge in [-0.2, -0.15) is 0 Å². The first-order valence-corrected chi connectivity index (χ1v) is 14.6. The largest absolute Gasteiger partial charge is 0.497 e. The predicted molar refractivity (Wildman–Crippen MR) is 159 cm³/mol. The summed E-state index contributed by atoms with van der Waals surface area (Å²) in [6.45, 7) is 15.6. The van der Waals surface area contributed by atoms with Gasteiger partial charge in [0.15, 0.2) is 0 Å². The lowest BCUT2D eigenvalue weighted by Gasteiger charge is -2.34. The average Bonchev–Trinajstić information content (AvgIpc) is 3.21. The molecule has 5 rings (SSSR count). The van der Waals surface area contributed by atoms with Gasteiger partial charge in [-0.3, -0.25) is 9.69 Å². The smallest absolute Gasteiger partial charge is 0.253 e. The fourth-order valence-corrected chi connectivity index (χ4v) is 6.07. The van der Waals surface area contributed by atoms with Crippen molar-refractivity contribution in [3.05, 3.63) is 64.8 Å². The van der Waals surface area contributed by atoms with Gasteiger partial charge in [-0.25, -0.2) is 0 Å². The number of methoxy groups -OCH3 is 1. The molecule has 39 heavy (non-hydrogen) atoms. The monoisotopic (exact) mass is 531 g/mol. The van der Waals surface area contributed by atoms with Crippen molar-refractivity contribution in [1.82, 2.24) is 24.2 Å². The Kier molecular flexibility index (Phi) is 8.90. The number of nitrogens with zero attached hydrogens (tertiary/aromatic N) is 5. The van der Waals surface area contributed by atoms with Gasteiger partial charge in [0, 0.05) is 87.6 Å². The van der Waals surface area contributed by atoms with Crippen molar-refractivity contribution >= 4 is 16.8 Å². The Bertz CT molecular complexity index is 1270. The molecule has 1 aromatic heterocycles. The molecule has 0 bridgehead atoms. The number of ether oxygens (including phenoxy) is 1. The van der Waals surface area contributed by atoms with Crippen LogP contribution >= 0.6 is 0 Å². The van der Waals surface area contributed by atoms with E-state index in [-0.39, 0.29) is 5.91 Å². The van der Waals surface area contributed by atoms with Crippen LogP contribution in [0.4, 0.5) is 0 Å². The molecule has 2 fully saturated rings. The maximum Gasteiger partial charge on any atom is 0.253 e. The summed E-state index contributed by atoms with van der Waals surface area (Å²) < 4.78 is 7.81. The summed E-state index contributed by atoms with van der Waals surface area (Å²) in [7, 11) is 3.92. The quantitative estimate of drug-likeness (QED) is 0.419. The summed E-state index contributed by atoms with van der Waals surface area (Å²) in [4.78, 5) is 22.9. The molecule has 2 aliphatic heterocycles. The first-order valence-electron chi connectivity index (χ1n) is 14.6. The number of carbonyl (C=O) groups excluding carboxylic acids is 1. The van der Waals surface area contributed by atoms with Crippen LogP contribution in [0.2, 0.25) is 0 Å². The minimum absolute atomic E-state index is 0.157. The fraction of sp³-hybridized carbons (Fsp3) is 0.531. The molecule has 2 aromatic carbocycles. The third-order valence-electron chi connectivity index (χ3n) is 8.85. The van der Waals surface area contributed by atoms with E-state index >= 15 is 0 Å². The van der Waals surface area contributed by atoms with Gasteiger partial charge in [0.25, 0.3) is 5.91 Å². The highest BCUT2D eigenvalue weighted by Gasteiger charge is 2.23. The Hall–Kier alpha value is -2.87. The Labute approximate surface area is 233 Å². The van der Waals surface area contributed by atoms with Crippen molar-refractivity contribution in [3.8, 4) is 5.75 Å². The molecule has 7 nitrogen and oxygen atoms in total. The number of carbonyl (C=O) groups is 1. The molecule has 0 aliphatic carbocycles. The maximum absolute atomic E-state index is 13.5. The summed E-state index contributed by atoms with van der Waals surface area (Å²) in [6.07, 6.45) is 2.14. The van der Waals surface area contributed by atoms with Gasteiger partial charge in [0.05, 0.1) is 7.11 Å². The van der Waals surface area contributed by atoms with Gasteiger partial charge < -0.3 is 24.0 Å². The van der Waals surface area contributed by atoms with Gasteiger partial charge in [-0.15, -0.1) is 0 Å². The lowest BCUT2D eigenvalue weighted by molar-refractivity contribution is 0.0638. The number of hydrogen-bond donors (Lipinski definition) is 0. The molecule has 210 valence electrons. The molecule has 1 amide bonds. The number of likely N-dealkylation sites (N-methyl/N-ethyl adjacent to an activating group) is 1. The normalized spacial score (nSPS) is 17.7. The lowest BCUT2D eigenvalue weighted by Crippen LogP contribution is -2.49. The molecular weight excluding hydrogens is 486 g/mol. The molecule has 7 heteroatoms. The van der Waals surface area contributed by atoms with Crippen molar-refractivity contribution in [2.45, 2.75) is 33.2 Å². The molecule has 0 spiro atoms. The average molecular weight is 532 g/mol. The van der Waals surface area contributed by atoms with E-state index < -0.39 is 0 Å². The van der Waals surface area contributed by atoms with Crippen LogP contribution in [0.15, 0.2) is 42.5 Å². The van der Waals surface area contributed by atoms with Gasteiger partial charge in [0.2, 0.25) is 0 Å². The molecule has 0 saturated carbocycles. The Morgan fingerprint density at radius 1 is 0.846 bits per heavy atom. The number of benzene rings is 2. The number of amides is 1. The molecule has 0 unspecified atom stereocenters. The minimum Gasteiger partial charge on any atom is -0.497 e. The third kappa shape index (κ3) is 6.48. The summed E-state index contributed by atoms with van der Waals surface area (Å²) in [5, 5.41) is 1.22. The first-order chi connectivity index (χ1) is 18.9. The number of aryl methyl sites for hydroxylation is 2. The number of piperazine rings is 2. The maximum atomic E-state index is 13.5. The Balaban J connectivity index is 1.16. The first kappa shape index (κ1) is 27.7. The zero-order chi connectivity index (χ0) is 27.4. The zero-order valence-electron chi connectivity index (χ0n) is 24.3. The summed E-state index contributed by atoms with van der Waals surface area (Å²) in [5.41, 5.74) is 5.96. The summed E-state index contributed by atoms with van der Waals surface area (Å²) in [6, 6.07) is 14.6. The van der Waals surface area contributed by atoms with Crippen molar-refractivity contribution in [1.29, 1.82) is 0 Å². The van der Waals surface area contributed by atoms with E-state index in [9.17, 15) is 4.79 Å². The predicted octanol–water partition coefficient (Wildman–Crippen LogP) is 3.90. The van der Waals surface area contributed by atoms with Crippen LogP contribution in [0.25, 0.3) is 10.9 Å². The molecule has 0 atom stereocenters. The van der Waals surface area contributed by atoms with Gasteiger partial charge in [-0.05, 0) is 81.7 Å². The highest BCUT2D eigenvalue weighted by Crippen LogP contribution is 2.27. The second-order valence-corrected chi connectivity index (χ2v) is 11.3. The van der Waals surface area contributed by atoms with E-state index in [0.717, 1.165) is 70.0 Å². The standard InChI is InChI=1S/C32H45N5O2/c1-25-26(2)37(13-6-12-34-17-15-33(3)16-18-34)31-10-9-28(24-30(25)31)32(38)36-21-19-35(20-22-36)14-11-27-7-5-8-29(23-27)39-4/h5,7-10,23-24H,6,11-22H2,1-4H3. The lowest BCUT2D eigenvalue weighted by atomic mass is 10.1. The molecule has 2 saturated heterocycles. The Morgan fingerprint density at radius 2 is 1.56 bits per heavy atom. The van der Waals surface area contributed by atoms with E-state index in [2.05, 4.69) is 64.4 Å². The zero-order valence-corrected chi connectivity index (χ0v) is 24.3.